The van der Waals surface area contributed by atoms with Gasteiger partial charge < -0.3 is 20.5 Å². The first kappa shape index (κ1) is 13.8. The van der Waals surface area contributed by atoms with E-state index in [1.807, 2.05) is 0 Å². The number of hydrogen-bond donors (Lipinski definition) is 2. The van der Waals surface area contributed by atoms with Crippen LogP contribution in [0.4, 0.5) is 10.1 Å². The van der Waals surface area contributed by atoms with E-state index in [1.165, 1.54) is 19.2 Å². The maximum Gasteiger partial charge on any atom is 0.234 e. The summed E-state index contributed by atoms with van der Waals surface area (Å²) in [5.41, 5.74) is 5.43. The Labute approximate surface area is 110 Å². The molecule has 3 N–H and O–H groups in total. The number of nitrogens with two attached hydrogens (primary N) is 1. The molecule has 0 saturated carbocycles. The van der Waals surface area contributed by atoms with Crippen molar-refractivity contribution in [3.63, 3.8) is 0 Å². The van der Waals surface area contributed by atoms with Gasteiger partial charge in [-0.25, -0.2) is 4.39 Å². The third-order valence-corrected chi connectivity index (χ3v) is 3.45. The molecule has 1 fully saturated rings. The summed E-state index contributed by atoms with van der Waals surface area (Å²) < 4.78 is 23.5. The number of nitrogens with one attached hydrogen (secondary N) is 1. The minimum absolute atomic E-state index is 0.130. The maximum absolute atomic E-state index is 13.5. The molecule has 1 heterocycles. The van der Waals surface area contributed by atoms with Gasteiger partial charge in [-0.15, -0.1) is 0 Å². The summed E-state index contributed by atoms with van der Waals surface area (Å²) in [4.78, 5) is 12.2. The summed E-state index contributed by atoms with van der Waals surface area (Å²) in [6, 6.07) is 3.88. The molecule has 1 aliphatic rings. The van der Waals surface area contributed by atoms with Crippen LogP contribution in [0.1, 0.15) is 6.92 Å². The van der Waals surface area contributed by atoms with Crippen molar-refractivity contribution in [2.24, 2.45) is 11.1 Å². The monoisotopic (exact) mass is 268 g/mol. The van der Waals surface area contributed by atoms with Crippen LogP contribution in [-0.4, -0.2) is 32.3 Å². The van der Waals surface area contributed by atoms with Crippen molar-refractivity contribution >= 4 is 11.6 Å². The van der Waals surface area contributed by atoms with E-state index >= 15 is 0 Å². The van der Waals surface area contributed by atoms with Crippen molar-refractivity contribution in [1.82, 2.24) is 0 Å². The number of benzene rings is 1. The summed E-state index contributed by atoms with van der Waals surface area (Å²) >= 11 is 0. The molecule has 0 spiro atoms. The van der Waals surface area contributed by atoms with E-state index < -0.39 is 11.2 Å². The molecule has 0 radical (unpaired) electrons. The van der Waals surface area contributed by atoms with Gasteiger partial charge in [-0.3, -0.25) is 4.79 Å². The van der Waals surface area contributed by atoms with E-state index in [0.717, 1.165) is 0 Å². The summed E-state index contributed by atoms with van der Waals surface area (Å²) in [5.74, 6) is -0.676. The Hall–Kier alpha value is -1.66. The average molecular weight is 268 g/mol. The Bertz CT molecular complexity index is 495. The van der Waals surface area contributed by atoms with E-state index in [1.54, 1.807) is 13.0 Å². The van der Waals surface area contributed by atoms with E-state index in [4.69, 9.17) is 15.2 Å². The number of methoxy groups -OCH3 is 1. The smallest absolute Gasteiger partial charge is 0.234 e. The molecule has 1 aromatic carbocycles. The van der Waals surface area contributed by atoms with Gasteiger partial charge >= 0.3 is 0 Å². The summed E-state index contributed by atoms with van der Waals surface area (Å²) in [6.07, 6.45) is 0. The number of carbonyl (C=O) groups excluding carboxylic acids is 1. The fraction of sp³-hybridized carbons (Fsp3) is 0.462. The molecule has 1 aromatic rings. The Morgan fingerprint density at radius 3 is 2.89 bits per heavy atom. The fourth-order valence-electron chi connectivity index (χ4n) is 1.94. The highest BCUT2D eigenvalue weighted by atomic mass is 19.1. The molecule has 0 aliphatic carbocycles. The van der Waals surface area contributed by atoms with Gasteiger partial charge in [-0.05, 0) is 19.1 Å². The molecular weight excluding hydrogens is 251 g/mol. The first-order valence-electron chi connectivity index (χ1n) is 5.95. The zero-order valence-corrected chi connectivity index (χ0v) is 10.9. The highest BCUT2D eigenvalue weighted by Gasteiger charge is 2.44. The first-order chi connectivity index (χ1) is 8.97. The average Bonchev–Trinajstić information content (AvgIpc) is 2.71. The summed E-state index contributed by atoms with van der Waals surface area (Å²) in [5, 5.41) is 2.65. The molecule has 104 valence electrons. The van der Waals surface area contributed by atoms with Crippen LogP contribution in [0.25, 0.3) is 0 Å². The minimum Gasteiger partial charge on any atom is -0.494 e. The molecule has 0 aromatic heterocycles. The zero-order chi connectivity index (χ0) is 14.0. The van der Waals surface area contributed by atoms with Crippen LogP contribution < -0.4 is 15.8 Å². The maximum atomic E-state index is 13.5. The van der Waals surface area contributed by atoms with Gasteiger partial charge in [0.1, 0.15) is 0 Å². The van der Waals surface area contributed by atoms with Crippen molar-refractivity contribution < 1.29 is 18.7 Å². The number of ether oxygens (including phenoxy) is 2. The van der Waals surface area contributed by atoms with E-state index in [9.17, 15) is 9.18 Å². The van der Waals surface area contributed by atoms with E-state index in [2.05, 4.69) is 5.32 Å². The second-order valence-electron chi connectivity index (χ2n) is 4.84. The predicted molar refractivity (Wildman–Crippen MR) is 68.5 cm³/mol. The van der Waals surface area contributed by atoms with E-state index in [0.29, 0.717) is 12.3 Å². The molecule has 6 heteroatoms. The first-order valence-corrected chi connectivity index (χ1v) is 5.95. The van der Waals surface area contributed by atoms with E-state index in [-0.39, 0.29) is 24.3 Å². The second-order valence-corrected chi connectivity index (χ2v) is 4.84. The molecule has 2 atom stereocenters. The van der Waals surface area contributed by atoms with Crippen molar-refractivity contribution in [3.05, 3.63) is 24.0 Å². The number of rotatable bonds is 3. The van der Waals surface area contributed by atoms with Crippen LogP contribution in [0.2, 0.25) is 0 Å². The normalized spacial score (nSPS) is 26.2. The lowest BCUT2D eigenvalue weighted by Crippen LogP contribution is -2.47. The van der Waals surface area contributed by atoms with Crippen molar-refractivity contribution in [2.75, 3.05) is 25.6 Å². The summed E-state index contributed by atoms with van der Waals surface area (Å²) in [6.45, 7) is 2.35. The third-order valence-electron chi connectivity index (χ3n) is 3.45. The van der Waals surface area contributed by atoms with Gasteiger partial charge in [0.15, 0.2) is 11.6 Å². The van der Waals surface area contributed by atoms with Gasteiger partial charge in [-0.1, -0.05) is 0 Å². The number of anilines is 1. The van der Waals surface area contributed by atoms with Crippen molar-refractivity contribution in [3.8, 4) is 5.75 Å². The fourth-order valence-corrected chi connectivity index (χ4v) is 1.94. The molecule has 5 nitrogen and oxygen atoms in total. The molecule has 1 amide bonds. The molecule has 2 unspecified atom stereocenters. The number of halogens is 1. The van der Waals surface area contributed by atoms with Gasteiger partial charge in [-0.2, -0.15) is 0 Å². The molecule has 1 saturated heterocycles. The van der Waals surface area contributed by atoms with Crippen molar-refractivity contribution in [1.29, 1.82) is 0 Å². The zero-order valence-electron chi connectivity index (χ0n) is 10.9. The molecule has 19 heavy (non-hydrogen) atoms. The lowest BCUT2D eigenvalue weighted by Gasteiger charge is -2.25. The van der Waals surface area contributed by atoms with Crippen LogP contribution in [-0.2, 0) is 9.53 Å². The SMILES string of the molecule is COc1ccc(NC(=O)C2(C)COCC2N)cc1F. The standard InChI is InChI=1S/C13H17FN2O3/c1-13(7-19-6-11(13)15)12(17)16-8-3-4-10(18-2)9(14)5-8/h3-5,11H,6-7,15H2,1-2H3,(H,16,17). The topological polar surface area (TPSA) is 73.6 Å². The van der Waals surface area contributed by atoms with Gasteiger partial charge in [0, 0.05) is 17.8 Å². The number of amides is 1. The molecule has 0 bridgehead atoms. The Balaban J connectivity index is 2.13. The van der Waals surface area contributed by atoms with Crippen LogP contribution >= 0.6 is 0 Å². The lowest BCUT2D eigenvalue weighted by molar-refractivity contribution is -0.125. The van der Waals surface area contributed by atoms with Crippen LogP contribution in [0.5, 0.6) is 5.75 Å². The van der Waals surface area contributed by atoms with Crippen LogP contribution in [0, 0.1) is 11.2 Å². The summed E-state index contributed by atoms with van der Waals surface area (Å²) in [7, 11) is 1.38. The van der Waals surface area contributed by atoms with Gasteiger partial charge in [0.25, 0.3) is 0 Å². The molecule has 2 rings (SSSR count). The van der Waals surface area contributed by atoms with Gasteiger partial charge in [0.2, 0.25) is 5.91 Å². The van der Waals surface area contributed by atoms with Crippen LogP contribution in [0.15, 0.2) is 18.2 Å². The Morgan fingerprint density at radius 1 is 1.63 bits per heavy atom. The van der Waals surface area contributed by atoms with Gasteiger partial charge in [0.05, 0.1) is 25.7 Å². The largest absolute Gasteiger partial charge is 0.494 e. The third kappa shape index (κ3) is 2.54. The molecular formula is C13H17FN2O3. The second kappa shape index (κ2) is 5.14. The Morgan fingerprint density at radius 2 is 2.37 bits per heavy atom. The number of hydrogen-bond acceptors (Lipinski definition) is 4. The minimum atomic E-state index is -0.795. The Kier molecular flexibility index (Phi) is 3.73. The molecule has 1 aliphatic heterocycles. The highest BCUT2D eigenvalue weighted by Crippen LogP contribution is 2.29. The highest BCUT2D eigenvalue weighted by molar-refractivity contribution is 5.96. The lowest BCUT2D eigenvalue weighted by atomic mass is 9.85. The van der Waals surface area contributed by atoms with Crippen LogP contribution in [0.3, 0.4) is 0 Å². The number of carbonyl (C=O) groups is 1. The quantitative estimate of drug-likeness (QED) is 0.862. The predicted octanol–water partition coefficient (Wildman–Crippen LogP) is 1.14. The van der Waals surface area contributed by atoms with Crippen molar-refractivity contribution in [2.45, 2.75) is 13.0 Å².